The molecule has 0 N–H and O–H groups in total. The van der Waals surface area contributed by atoms with Crippen molar-refractivity contribution in [3.63, 3.8) is 0 Å². The average Bonchev–Trinajstić information content (AvgIpc) is 2.56. The molecule has 0 fully saturated rings. The monoisotopic (exact) mass is 317 g/mol. The first kappa shape index (κ1) is 15.0. The molecule has 3 rings (SSSR count). The lowest BCUT2D eigenvalue weighted by molar-refractivity contribution is -0.137. The van der Waals surface area contributed by atoms with E-state index in [4.69, 9.17) is 4.74 Å². The largest absolute Gasteiger partial charge is 0.438 e. The Bertz CT molecular complexity index is 790. The molecule has 7 heteroatoms. The first-order valence-corrected chi connectivity index (χ1v) is 6.62. The molecule has 0 radical (unpaired) electrons. The van der Waals surface area contributed by atoms with Crippen molar-refractivity contribution < 1.29 is 17.9 Å². The molecular weight excluding hydrogens is 307 g/mol. The van der Waals surface area contributed by atoms with Gasteiger partial charge in [0.25, 0.3) is 0 Å². The van der Waals surface area contributed by atoms with Gasteiger partial charge in [0.2, 0.25) is 5.88 Å². The summed E-state index contributed by atoms with van der Waals surface area (Å²) in [7, 11) is 0. The van der Waals surface area contributed by atoms with Gasteiger partial charge in [-0.1, -0.05) is 12.1 Å². The van der Waals surface area contributed by atoms with Gasteiger partial charge in [0.1, 0.15) is 5.75 Å². The van der Waals surface area contributed by atoms with Crippen molar-refractivity contribution in [1.82, 2.24) is 15.2 Å². The Labute approximate surface area is 129 Å². The van der Waals surface area contributed by atoms with Crippen LogP contribution in [0, 0.1) is 0 Å². The highest BCUT2D eigenvalue weighted by atomic mass is 19.4. The van der Waals surface area contributed by atoms with E-state index in [1.165, 1.54) is 6.07 Å². The summed E-state index contributed by atoms with van der Waals surface area (Å²) < 4.78 is 43.2. The van der Waals surface area contributed by atoms with Crippen molar-refractivity contribution in [2.75, 3.05) is 0 Å². The molecule has 116 valence electrons. The van der Waals surface area contributed by atoms with Crippen LogP contribution in [0.25, 0.3) is 11.3 Å². The minimum Gasteiger partial charge on any atom is -0.438 e. The number of para-hydroxylation sites is 1. The van der Waals surface area contributed by atoms with Crippen molar-refractivity contribution in [2.24, 2.45) is 0 Å². The molecule has 0 spiro atoms. The van der Waals surface area contributed by atoms with Gasteiger partial charge in [-0.25, -0.2) is 4.98 Å². The number of hydrogen-bond donors (Lipinski definition) is 0. The fraction of sp³-hybridized carbons (Fsp3) is 0.0625. The van der Waals surface area contributed by atoms with Crippen molar-refractivity contribution in [3.05, 3.63) is 66.5 Å². The molecule has 0 bridgehead atoms. The van der Waals surface area contributed by atoms with E-state index in [0.29, 0.717) is 17.0 Å². The summed E-state index contributed by atoms with van der Waals surface area (Å²) in [5, 5.41) is 7.80. The first-order chi connectivity index (χ1) is 11.0. The normalized spacial score (nSPS) is 11.3. The number of halogens is 3. The van der Waals surface area contributed by atoms with E-state index in [1.54, 1.807) is 42.6 Å². The topological polar surface area (TPSA) is 47.9 Å². The van der Waals surface area contributed by atoms with Gasteiger partial charge in [0, 0.05) is 24.0 Å². The van der Waals surface area contributed by atoms with Crippen molar-refractivity contribution >= 4 is 0 Å². The lowest BCUT2D eigenvalue weighted by atomic mass is 10.1. The van der Waals surface area contributed by atoms with Crippen LogP contribution >= 0.6 is 0 Å². The zero-order valence-electron chi connectivity index (χ0n) is 11.7. The summed E-state index contributed by atoms with van der Waals surface area (Å²) in [6.07, 6.45) is -2.15. The Morgan fingerprint density at radius 3 is 2.39 bits per heavy atom. The predicted octanol–water partition coefficient (Wildman–Crippen LogP) is 4.35. The maximum absolute atomic E-state index is 12.5. The maximum Gasteiger partial charge on any atom is 0.417 e. The van der Waals surface area contributed by atoms with Crippen LogP contribution in [0.3, 0.4) is 0 Å². The van der Waals surface area contributed by atoms with E-state index >= 15 is 0 Å². The third kappa shape index (κ3) is 3.45. The van der Waals surface area contributed by atoms with Gasteiger partial charge in [0.05, 0.1) is 11.3 Å². The molecule has 2 heterocycles. The van der Waals surface area contributed by atoms with Gasteiger partial charge in [-0.2, -0.15) is 23.4 Å². The molecule has 0 saturated carbocycles. The number of alkyl halides is 3. The summed E-state index contributed by atoms with van der Waals surface area (Å²) in [6.45, 7) is 0. The molecule has 0 aliphatic heterocycles. The molecule has 2 aromatic heterocycles. The van der Waals surface area contributed by atoms with Gasteiger partial charge in [-0.15, -0.1) is 0 Å². The Morgan fingerprint density at radius 1 is 0.913 bits per heavy atom. The second-order valence-electron chi connectivity index (χ2n) is 4.59. The predicted molar refractivity (Wildman–Crippen MR) is 76.8 cm³/mol. The number of rotatable bonds is 3. The summed E-state index contributed by atoms with van der Waals surface area (Å²) in [5.41, 5.74) is 0.435. The smallest absolute Gasteiger partial charge is 0.417 e. The highest BCUT2D eigenvalue weighted by Crippen LogP contribution is 2.33. The van der Waals surface area contributed by atoms with Crippen LogP contribution in [-0.2, 0) is 6.18 Å². The highest BCUT2D eigenvalue weighted by Gasteiger charge is 2.30. The van der Waals surface area contributed by atoms with Crippen LogP contribution < -0.4 is 4.74 Å². The number of hydrogen-bond acceptors (Lipinski definition) is 4. The van der Waals surface area contributed by atoms with E-state index in [9.17, 15) is 13.2 Å². The summed E-state index contributed by atoms with van der Waals surface area (Å²) >= 11 is 0. The van der Waals surface area contributed by atoms with E-state index in [1.807, 2.05) is 0 Å². The lowest BCUT2D eigenvalue weighted by Gasteiger charge is -2.10. The number of pyridine rings is 1. The first-order valence-electron chi connectivity index (χ1n) is 6.62. The highest BCUT2D eigenvalue weighted by molar-refractivity contribution is 5.66. The molecule has 0 saturated heterocycles. The number of ether oxygens (including phenoxy) is 1. The Kier molecular flexibility index (Phi) is 3.92. The molecule has 3 aromatic rings. The third-order valence-electron chi connectivity index (χ3n) is 3.01. The molecule has 1 aromatic carbocycles. The fourth-order valence-electron chi connectivity index (χ4n) is 1.93. The maximum atomic E-state index is 12.5. The van der Waals surface area contributed by atoms with Gasteiger partial charge in [-0.05, 0) is 30.3 Å². The Hall–Kier alpha value is -2.96. The summed E-state index contributed by atoms with van der Waals surface area (Å²) in [5.74, 6) is 0.495. The molecule has 0 aliphatic carbocycles. The molecule has 0 aliphatic rings. The van der Waals surface area contributed by atoms with E-state index in [-0.39, 0.29) is 5.88 Å². The summed E-state index contributed by atoms with van der Waals surface area (Å²) in [4.78, 5) is 3.70. The molecule has 4 nitrogen and oxygen atoms in total. The van der Waals surface area contributed by atoms with Gasteiger partial charge in [-0.3, -0.25) is 0 Å². The fourth-order valence-corrected chi connectivity index (χ4v) is 1.93. The SMILES string of the molecule is FC(F)(F)c1ccc(Oc2ccccc2-c2cccnn2)nc1. The minimum atomic E-state index is -4.43. The molecular formula is C16H10F3N3O. The lowest BCUT2D eigenvalue weighted by Crippen LogP contribution is -2.05. The number of aromatic nitrogens is 3. The van der Waals surface area contributed by atoms with E-state index in [0.717, 1.165) is 12.3 Å². The van der Waals surface area contributed by atoms with Crippen LogP contribution in [0.4, 0.5) is 13.2 Å². The number of nitrogens with zero attached hydrogens (tertiary/aromatic N) is 3. The van der Waals surface area contributed by atoms with Gasteiger partial charge < -0.3 is 4.74 Å². The molecule has 23 heavy (non-hydrogen) atoms. The standard InChI is InChI=1S/C16H10F3N3O/c17-16(18,19)11-7-8-15(20-10-11)23-14-6-2-1-4-12(14)13-5-3-9-21-22-13/h1-10H. The molecule has 0 atom stereocenters. The third-order valence-corrected chi connectivity index (χ3v) is 3.01. The van der Waals surface area contributed by atoms with Crippen molar-refractivity contribution in [1.29, 1.82) is 0 Å². The Balaban J connectivity index is 1.89. The van der Waals surface area contributed by atoms with E-state index in [2.05, 4.69) is 15.2 Å². The second-order valence-corrected chi connectivity index (χ2v) is 4.59. The second kappa shape index (κ2) is 6.04. The van der Waals surface area contributed by atoms with Crippen LogP contribution in [0.5, 0.6) is 11.6 Å². The van der Waals surface area contributed by atoms with Crippen LogP contribution in [0.1, 0.15) is 5.56 Å². The molecule has 0 amide bonds. The van der Waals surface area contributed by atoms with Crippen molar-refractivity contribution in [2.45, 2.75) is 6.18 Å². The zero-order valence-corrected chi connectivity index (χ0v) is 11.7. The minimum absolute atomic E-state index is 0.0642. The van der Waals surface area contributed by atoms with Crippen LogP contribution in [-0.4, -0.2) is 15.2 Å². The quantitative estimate of drug-likeness (QED) is 0.720. The summed E-state index contributed by atoms with van der Waals surface area (Å²) in [6, 6.07) is 12.6. The average molecular weight is 317 g/mol. The van der Waals surface area contributed by atoms with Crippen LogP contribution in [0.2, 0.25) is 0 Å². The van der Waals surface area contributed by atoms with Gasteiger partial charge in [0.15, 0.2) is 0 Å². The zero-order chi connectivity index (χ0) is 16.3. The Morgan fingerprint density at radius 2 is 1.74 bits per heavy atom. The van der Waals surface area contributed by atoms with Crippen LogP contribution in [0.15, 0.2) is 60.9 Å². The van der Waals surface area contributed by atoms with E-state index < -0.39 is 11.7 Å². The molecule has 0 unspecified atom stereocenters. The van der Waals surface area contributed by atoms with Crippen molar-refractivity contribution in [3.8, 4) is 22.9 Å². The van der Waals surface area contributed by atoms with Gasteiger partial charge >= 0.3 is 6.18 Å². The number of benzene rings is 1.